The molecule has 0 heterocycles. The van der Waals surface area contributed by atoms with Crippen LogP contribution >= 0.6 is 0 Å². The largest absolute Gasteiger partial charge is 0.377 e. The molecule has 0 aliphatic rings. The third kappa shape index (κ3) is 2.60. The molecule has 0 saturated carbocycles. The van der Waals surface area contributed by atoms with Crippen LogP contribution in [0.1, 0.15) is 13.8 Å². The fourth-order valence-corrected chi connectivity index (χ4v) is 0.0722. The van der Waals surface area contributed by atoms with E-state index >= 15 is 0 Å². The van der Waals surface area contributed by atoms with Crippen molar-refractivity contribution in [3.8, 4) is 0 Å². The van der Waals surface area contributed by atoms with Gasteiger partial charge >= 0.3 is 0 Å². The highest BCUT2D eigenvalue weighted by atomic mass is 16.5. The van der Waals surface area contributed by atoms with Gasteiger partial charge in [-0.2, -0.15) is 0 Å². The highest BCUT2D eigenvalue weighted by Gasteiger charge is 2.11. The lowest BCUT2D eigenvalue weighted by molar-refractivity contribution is 0.0294. The van der Waals surface area contributed by atoms with E-state index in [1.165, 1.54) is 0 Å². The van der Waals surface area contributed by atoms with Crippen molar-refractivity contribution >= 4 is 0 Å². The molecule has 0 aromatic heterocycles. The van der Waals surface area contributed by atoms with Crippen LogP contribution in [0, 0.1) is 0 Å². The number of hydrogen-bond donors (Lipinski definition) is 0. The zero-order valence-corrected chi connectivity index (χ0v) is 5.12. The zero-order chi connectivity index (χ0) is 5.91. The third-order valence-corrected chi connectivity index (χ3v) is 0.978. The predicted octanol–water partition coefficient (Wildman–Crippen LogP) is 0.694. The van der Waals surface area contributed by atoms with E-state index in [9.17, 15) is 0 Å². The Bertz CT molecular complexity index is 46.0. The van der Waals surface area contributed by atoms with Gasteiger partial charge in [0.05, 0.1) is 5.60 Å². The summed E-state index contributed by atoms with van der Waals surface area (Å²) >= 11 is 0. The van der Waals surface area contributed by atoms with E-state index in [0.29, 0.717) is 6.54 Å². The average molecular weight is 102 g/mol. The van der Waals surface area contributed by atoms with Gasteiger partial charge in [-0.1, -0.05) is 0 Å². The highest BCUT2D eigenvalue weighted by Crippen LogP contribution is 2.02. The van der Waals surface area contributed by atoms with Crippen LogP contribution in [-0.2, 0) is 4.74 Å². The van der Waals surface area contributed by atoms with Crippen LogP contribution in [0.25, 0.3) is 0 Å². The molecule has 0 spiro atoms. The van der Waals surface area contributed by atoms with E-state index in [1.807, 2.05) is 13.8 Å². The van der Waals surface area contributed by atoms with E-state index in [2.05, 4.69) is 0 Å². The number of nitrogens with one attached hydrogen (secondary N) is 1. The minimum absolute atomic E-state index is 0.250. The Hall–Kier alpha value is -0.0800. The summed E-state index contributed by atoms with van der Waals surface area (Å²) in [6, 6.07) is 0. The normalized spacial score (nSPS) is 12.0. The molecule has 0 fully saturated rings. The number of ether oxygens (including phenoxy) is 1. The van der Waals surface area contributed by atoms with Gasteiger partial charge < -0.3 is 4.74 Å². The molecular formula is C5H12NO. The standard InChI is InChI=1S/C5H12NO/c1-5(2,4-6)7-3/h6H,4H2,1-3H3. The Morgan fingerprint density at radius 3 is 2.00 bits per heavy atom. The monoisotopic (exact) mass is 102 g/mol. The Morgan fingerprint density at radius 1 is 1.57 bits per heavy atom. The van der Waals surface area contributed by atoms with Crippen molar-refractivity contribution in [2.45, 2.75) is 19.4 Å². The first kappa shape index (κ1) is 6.92. The van der Waals surface area contributed by atoms with Crippen LogP contribution in [0.15, 0.2) is 0 Å². The molecule has 0 aliphatic carbocycles. The molecule has 1 N–H and O–H groups in total. The van der Waals surface area contributed by atoms with Crippen LogP contribution in [-0.4, -0.2) is 19.3 Å². The zero-order valence-electron chi connectivity index (χ0n) is 5.12. The Labute approximate surface area is 44.7 Å². The lowest BCUT2D eigenvalue weighted by Crippen LogP contribution is -2.27. The maximum atomic E-state index is 6.88. The van der Waals surface area contributed by atoms with Crippen LogP contribution in [0.4, 0.5) is 0 Å². The highest BCUT2D eigenvalue weighted by molar-refractivity contribution is 4.66. The summed E-state index contributed by atoms with van der Waals surface area (Å²) in [5.41, 5.74) is 6.63. The molecular weight excluding hydrogens is 90.1 g/mol. The quantitative estimate of drug-likeness (QED) is 0.505. The van der Waals surface area contributed by atoms with Gasteiger partial charge in [-0.15, -0.1) is 0 Å². The summed E-state index contributed by atoms with van der Waals surface area (Å²) < 4.78 is 4.90. The predicted molar refractivity (Wildman–Crippen MR) is 29.1 cm³/mol. The lowest BCUT2D eigenvalue weighted by atomic mass is 10.1. The molecule has 2 nitrogen and oxygen atoms in total. The fourth-order valence-electron chi connectivity index (χ4n) is 0.0722. The van der Waals surface area contributed by atoms with Crippen LogP contribution in [0.3, 0.4) is 0 Å². The molecule has 1 radical (unpaired) electrons. The fraction of sp³-hybridized carbons (Fsp3) is 1.00. The second kappa shape index (κ2) is 2.28. The maximum absolute atomic E-state index is 6.88. The Morgan fingerprint density at radius 2 is 2.00 bits per heavy atom. The minimum atomic E-state index is -0.250. The van der Waals surface area contributed by atoms with Gasteiger partial charge in [-0.05, 0) is 13.8 Å². The molecule has 0 amide bonds. The van der Waals surface area contributed by atoms with Crippen molar-refractivity contribution in [1.82, 2.24) is 5.73 Å². The molecule has 0 unspecified atom stereocenters. The van der Waals surface area contributed by atoms with Gasteiger partial charge in [0, 0.05) is 13.7 Å². The van der Waals surface area contributed by atoms with Crippen LogP contribution < -0.4 is 5.73 Å². The topological polar surface area (TPSA) is 33.0 Å². The van der Waals surface area contributed by atoms with Gasteiger partial charge in [0.2, 0.25) is 0 Å². The molecule has 0 saturated heterocycles. The van der Waals surface area contributed by atoms with Crippen molar-refractivity contribution in [1.29, 1.82) is 0 Å². The van der Waals surface area contributed by atoms with Crippen molar-refractivity contribution in [2.75, 3.05) is 13.7 Å². The number of methoxy groups -OCH3 is 1. The summed E-state index contributed by atoms with van der Waals surface area (Å²) in [7, 11) is 1.62. The van der Waals surface area contributed by atoms with Gasteiger partial charge in [0.25, 0.3) is 0 Å². The minimum Gasteiger partial charge on any atom is -0.377 e. The first-order chi connectivity index (χ1) is 3.12. The lowest BCUT2D eigenvalue weighted by Gasteiger charge is -2.18. The number of hydrogen-bond acceptors (Lipinski definition) is 1. The second-order valence-corrected chi connectivity index (χ2v) is 2.14. The summed E-state index contributed by atoms with van der Waals surface area (Å²) in [5.74, 6) is 0. The van der Waals surface area contributed by atoms with E-state index in [0.717, 1.165) is 0 Å². The summed E-state index contributed by atoms with van der Waals surface area (Å²) in [4.78, 5) is 0. The molecule has 7 heavy (non-hydrogen) atoms. The van der Waals surface area contributed by atoms with E-state index < -0.39 is 0 Å². The third-order valence-electron chi connectivity index (χ3n) is 0.978. The first-order valence-electron chi connectivity index (χ1n) is 2.32. The Kier molecular flexibility index (Phi) is 2.26. The molecule has 43 valence electrons. The van der Waals surface area contributed by atoms with E-state index in [1.54, 1.807) is 7.11 Å². The molecule has 0 bridgehead atoms. The van der Waals surface area contributed by atoms with Gasteiger partial charge in [0.1, 0.15) is 0 Å². The van der Waals surface area contributed by atoms with Crippen molar-refractivity contribution < 1.29 is 4.74 Å². The summed E-state index contributed by atoms with van der Waals surface area (Å²) in [6.07, 6.45) is 0. The van der Waals surface area contributed by atoms with Crippen molar-refractivity contribution in [3.63, 3.8) is 0 Å². The molecule has 0 aromatic carbocycles. The smallest absolute Gasteiger partial charge is 0.0760 e. The van der Waals surface area contributed by atoms with Crippen molar-refractivity contribution in [2.24, 2.45) is 0 Å². The molecule has 0 aliphatic heterocycles. The summed E-state index contributed by atoms with van der Waals surface area (Å²) in [5, 5.41) is 0. The average Bonchev–Trinajstić information content (AvgIpc) is 1.68. The van der Waals surface area contributed by atoms with E-state index in [-0.39, 0.29) is 5.60 Å². The summed E-state index contributed by atoms with van der Waals surface area (Å²) in [6.45, 7) is 4.10. The van der Waals surface area contributed by atoms with Gasteiger partial charge in [-0.3, -0.25) is 5.73 Å². The molecule has 0 atom stereocenters. The van der Waals surface area contributed by atoms with Crippen LogP contribution in [0.2, 0.25) is 0 Å². The maximum Gasteiger partial charge on any atom is 0.0760 e. The van der Waals surface area contributed by atoms with Gasteiger partial charge in [-0.25, -0.2) is 0 Å². The van der Waals surface area contributed by atoms with Crippen molar-refractivity contribution in [3.05, 3.63) is 0 Å². The van der Waals surface area contributed by atoms with Crippen LogP contribution in [0.5, 0.6) is 0 Å². The van der Waals surface area contributed by atoms with E-state index in [4.69, 9.17) is 10.5 Å². The number of rotatable bonds is 2. The Balaban J connectivity index is 3.36. The molecule has 0 rings (SSSR count). The first-order valence-corrected chi connectivity index (χ1v) is 2.32. The molecule has 2 heteroatoms. The SMILES string of the molecule is COC(C)(C)C[NH]. The second-order valence-electron chi connectivity index (χ2n) is 2.14. The molecule has 0 aromatic rings. The van der Waals surface area contributed by atoms with Gasteiger partial charge in [0.15, 0.2) is 0 Å².